The molecule has 0 aliphatic heterocycles. The summed E-state index contributed by atoms with van der Waals surface area (Å²) in [6.07, 6.45) is 10.7. The second-order valence-corrected chi connectivity index (χ2v) is 4.49. The molecule has 1 N–H and O–H groups in total. The van der Waals surface area contributed by atoms with Crippen molar-refractivity contribution in [1.82, 2.24) is 5.32 Å². The third-order valence-electron chi connectivity index (χ3n) is 3.28. The van der Waals surface area contributed by atoms with Gasteiger partial charge in [0.25, 0.3) is 0 Å². The summed E-state index contributed by atoms with van der Waals surface area (Å²) in [6, 6.07) is 0. The van der Waals surface area contributed by atoms with Crippen molar-refractivity contribution < 1.29 is 0 Å². The zero-order valence-corrected chi connectivity index (χ0v) is 10.7. The molecule has 0 amide bonds. The minimum atomic E-state index is 0.445. The third kappa shape index (κ3) is 4.99. The molecule has 86 valence electrons. The lowest BCUT2D eigenvalue weighted by atomic mass is 9.83. The summed E-state index contributed by atoms with van der Waals surface area (Å²) < 4.78 is 0. The van der Waals surface area contributed by atoms with E-state index in [0.29, 0.717) is 5.54 Å². The summed E-state index contributed by atoms with van der Waals surface area (Å²) in [6.45, 7) is 6.86. The Labute approximate surface area is 90.7 Å². The first-order valence-corrected chi connectivity index (χ1v) is 6.43. The topological polar surface area (TPSA) is 12.0 Å². The monoisotopic (exact) mass is 199 g/mol. The Bertz CT molecular complexity index is 112. The van der Waals surface area contributed by atoms with Gasteiger partial charge >= 0.3 is 0 Å². The van der Waals surface area contributed by atoms with Crippen LogP contribution in [0.15, 0.2) is 0 Å². The second kappa shape index (κ2) is 8.28. The van der Waals surface area contributed by atoms with Crippen LogP contribution in [0, 0.1) is 0 Å². The van der Waals surface area contributed by atoms with E-state index in [-0.39, 0.29) is 0 Å². The maximum absolute atomic E-state index is 3.59. The molecule has 0 aliphatic rings. The fraction of sp³-hybridized carbons (Fsp3) is 1.00. The Morgan fingerprint density at radius 2 is 1.29 bits per heavy atom. The second-order valence-electron chi connectivity index (χ2n) is 4.49. The SMILES string of the molecule is CCCCC(CCC)(CCCC)NC. The molecule has 0 spiro atoms. The van der Waals surface area contributed by atoms with Crippen molar-refractivity contribution in [2.45, 2.75) is 77.7 Å². The van der Waals surface area contributed by atoms with Gasteiger partial charge in [0.15, 0.2) is 0 Å². The minimum absolute atomic E-state index is 0.445. The highest BCUT2D eigenvalue weighted by Crippen LogP contribution is 2.26. The van der Waals surface area contributed by atoms with Crippen LogP contribution < -0.4 is 5.32 Å². The zero-order chi connectivity index (χ0) is 10.9. The van der Waals surface area contributed by atoms with Crippen LogP contribution in [-0.2, 0) is 0 Å². The molecule has 0 saturated carbocycles. The van der Waals surface area contributed by atoms with Crippen molar-refractivity contribution >= 4 is 0 Å². The molecule has 0 atom stereocenters. The van der Waals surface area contributed by atoms with E-state index in [0.717, 1.165) is 0 Å². The zero-order valence-electron chi connectivity index (χ0n) is 10.7. The molecule has 14 heavy (non-hydrogen) atoms. The molecule has 0 bridgehead atoms. The Kier molecular flexibility index (Phi) is 8.26. The molecular weight excluding hydrogens is 170 g/mol. The van der Waals surface area contributed by atoms with Crippen molar-refractivity contribution in [1.29, 1.82) is 0 Å². The lowest BCUT2D eigenvalue weighted by molar-refractivity contribution is 0.263. The van der Waals surface area contributed by atoms with Crippen LogP contribution >= 0.6 is 0 Å². The van der Waals surface area contributed by atoms with Crippen LogP contribution in [0.2, 0.25) is 0 Å². The fourth-order valence-electron chi connectivity index (χ4n) is 2.26. The van der Waals surface area contributed by atoms with Crippen molar-refractivity contribution in [3.8, 4) is 0 Å². The molecule has 0 rings (SSSR count). The van der Waals surface area contributed by atoms with Gasteiger partial charge in [-0.2, -0.15) is 0 Å². The van der Waals surface area contributed by atoms with E-state index < -0.39 is 0 Å². The van der Waals surface area contributed by atoms with Gasteiger partial charge in [0.2, 0.25) is 0 Å². The van der Waals surface area contributed by atoms with Crippen LogP contribution in [0.3, 0.4) is 0 Å². The summed E-state index contributed by atoms with van der Waals surface area (Å²) in [4.78, 5) is 0. The fourth-order valence-corrected chi connectivity index (χ4v) is 2.26. The summed E-state index contributed by atoms with van der Waals surface area (Å²) in [5, 5.41) is 3.59. The minimum Gasteiger partial charge on any atom is -0.314 e. The number of hydrogen-bond donors (Lipinski definition) is 1. The largest absolute Gasteiger partial charge is 0.314 e. The van der Waals surface area contributed by atoms with E-state index in [2.05, 4.69) is 33.1 Å². The van der Waals surface area contributed by atoms with Crippen molar-refractivity contribution in [2.24, 2.45) is 0 Å². The van der Waals surface area contributed by atoms with Gasteiger partial charge in [-0.05, 0) is 26.3 Å². The van der Waals surface area contributed by atoms with Crippen LogP contribution in [0.1, 0.15) is 72.1 Å². The maximum Gasteiger partial charge on any atom is 0.0178 e. The average Bonchev–Trinajstić information content (AvgIpc) is 2.22. The molecule has 0 aliphatic carbocycles. The van der Waals surface area contributed by atoms with Gasteiger partial charge in [0, 0.05) is 5.54 Å². The highest BCUT2D eigenvalue weighted by atomic mass is 14.9. The number of rotatable bonds is 9. The van der Waals surface area contributed by atoms with Crippen LogP contribution in [0.25, 0.3) is 0 Å². The standard InChI is InChI=1S/C13H29N/c1-5-8-11-13(14-4,10-7-3)12-9-6-2/h14H,5-12H2,1-4H3. The Balaban J connectivity index is 4.11. The molecule has 0 aromatic rings. The quantitative estimate of drug-likeness (QED) is 0.589. The lowest BCUT2D eigenvalue weighted by Crippen LogP contribution is -2.42. The molecule has 1 nitrogen and oxygen atoms in total. The Morgan fingerprint density at radius 1 is 0.786 bits per heavy atom. The van der Waals surface area contributed by atoms with E-state index in [4.69, 9.17) is 0 Å². The summed E-state index contributed by atoms with van der Waals surface area (Å²) in [5.74, 6) is 0. The van der Waals surface area contributed by atoms with Crippen LogP contribution in [0.5, 0.6) is 0 Å². The van der Waals surface area contributed by atoms with E-state index >= 15 is 0 Å². The molecule has 1 heteroatoms. The average molecular weight is 199 g/mol. The first-order valence-electron chi connectivity index (χ1n) is 6.43. The molecule has 0 aromatic heterocycles. The molecule has 0 fully saturated rings. The van der Waals surface area contributed by atoms with E-state index in [1.165, 1.54) is 51.4 Å². The molecule has 0 aromatic carbocycles. The van der Waals surface area contributed by atoms with Gasteiger partial charge in [0.05, 0.1) is 0 Å². The number of nitrogens with one attached hydrogen (secondary N) is 1. The molecule has 0 heterocycles. The van der Waals surface area contributed by atoms with Gasteiger partial charge in [-0.1, -0.05) is 52.9 Å². The highest BCUT2D eigenvalue weighted by molar-refractivity contribution is 4.85. The van der Waals surface area contributed by atoms with E-state index in [1.54, 1.807) is 0 Å². The van der Waals surface area contributed by atoms with Gasteiger partial charge in [-0.15, -0.1) is 0 Å². The normalized spacial score (nSPS) is 12.0. The van der Waals surface area contributed by atoms with Gasteiger partial charge in [-0.25, -0.2) is 0 Å². The summed E-state index contributed by atoms with van der Waals surface area (Å²) in [7, 11) is 2.14. The summed E-state index contributed by atoms with van der Waals surface area (Å²) in [5.41, 5.74) is 0.445. The maximum atomic E-state index is 3.59. The van der Waals surface area contributed by atoms with Gasteiger partial charge < -0.3 is 5.32 Å². The molecule has 0 saturated heterocycles. The van der Waals surface area contributed by atoms with Crippen molar-refractivity contribution in [3.63, 3.8) is 0 Å². The van der Waals surface area contributed by atoms with E-state index in [9.17, 15) is 0 Å². The first-order chi connectivity index (χ1) is 6.74. The molecule has 0 unspecified atom stereocenters. The lowest BCUT2D eigenvalue weighted by Gasteiger charge is -2.34. The smallest absolute Gasteiger partial charge is 0.0178 e. The van der Waals surface area contributed by atoms with Gasteiger partial charge in [-0.3, -0.25) is 0 Å². The summed E-state index contributed by atoms with van der Waals surface area (Å²) >= 11 is 0. The molecule has 0 radical (unpaired) electrons. The van der Waals surface area contributed by atoms with Crippen LogP contribution in [-0.4, -0.2) is 12.6 Å². The first kappa shape index (κ1) is 14.0. The predicted molar refractivity (Wildman–Crippen MR) is 65.7 cm³/mol. The Hall–Kier alpha value is -0.0400. The number of hydrogen-bond acceptors (Lipinski definition) is 1. The van der Waals surface area contributed by atoms with Crippen LogP contribution in [0.4, 0.5) is 0 Å². The highest BCUT2D eigenvalue weighted by Gasteiger charge is 2.25. The third-order valence-corrected chi connectivity index (χ3v) is 3.28. The number of unbranched alkanes of at least 4 members (excludes halogenated alkanes) is 2. The van der Waals surface area contributed by atoms with Crippen molar-refractivity contribution in [2.75, 3.05) is 7.05 Å². The van der Waals surface area contributed by atoms with Gasteiger partial charge in [0.1, 0.15) is 0 Å². The molecular formula is C13H29N. The Morgan fingerprint density at radius 3 is 1.57 bits per heavy atom. The van der Waals surface area contributed by atoms with Crippen molar-refractivity contribution in [3.05, 3.63) is 0 Å². The predicted octanol–water partition coefficient (Wildman–Crippen LogP) is 4.13. The van der Waals surface area contributed by atoms with E-state index in [1.807, 2.05) is 0 Å².